The molecule has 2 heterocycles. The third kappa shape index (κ3) is 7.69. The highest BCUT2D eigenvalue weighted by atomic mass is 31.3. The van der Waals surface area contributed by atoms with Gasteiger partial charge in [-0.15, -0.1) is 0 Å². The van der Waals surface area contributed by atoms with E-state index < -0.39 is 48.6 Å². The van der Waals surface area contributed by atoms with Gasteiger partial charge in [-0.2, -0.15) is 4.31 Å². The monoisotopic (exact) mass is 547 g/mol. The van der Waals surface area contributed by atoms with E-state index in [0.717, 1.165) is 0 Å². The van der Waals surface area contributed by atoms with Crippen LogP contribution in [0.2, 0.25) is 0 Å². The van der Waals surface area contributed by atoms with Crippen LogP contribution in [0.1, 0.15) is 39.8 Å². The second kappa shape index (κ2) is 11.7. The van der Waals surface area contributed by atoms with Crippen molar-refractivity contribution in [1.29, 1.82) is 0 Å². The lowest BCUT2D eigenvalue weighted by atomic mass is 9.82. The molecule has 7 N–H and O–H groups in total. The molecule has 0 aromatic carbocycles. The van der Waals surface area contributed by atoms with Gasteiger partial charge in [0.2, 0.25) is 0 Å². The third-order valence-corrected chi connectivity index (χ3v) is 8.26. The summed E-state index contributed by atoms with van der Waals surface area (Å²) in [6.07, 6.45) is 2.07. The first-order valence-electron chi connectivity index (χ1n) is 9.82. The van der Waals surface area contributed by atoms with Gasteiger partial charge in [0.1, 0.15) is 18.1 Å². The number of hydrogen-bond donors (Lipinski definition) is 6. The Morgan fingerprint density at radius 2 is 1.85 bits per heavy atom. The average molecular weight is 547 g/mol. The van der Waals surface area contributed by atoms with Gasteiger partial charge in [-0.05, 0) is 6.42 Å². The summed E-state index contributed by atoms with van der Waals surface area (Å²) in [7, 11) is -13.7. The van der Waals surface area contributed by atoms with Gasteiger partial charge in [0, 0.05) is 5.41 Å². The number of phosphoric ester groups is 1. The molecule has 4 atom stereocenters. The lowest BCUT2D eigenvalue weighted by Crippen LogP contribution is -2.40. The van der Waals surface area contributed by atoms with Crippen LogP contribution in [0.15, 0.2) is 12.7 Å². The Morgan fingerprint density at radius 3 is 2.47 bits per heavy atom. The Kier molecular flexibility index (Phi) is 10.1. The number of nitrogen functional groups attached to an aromatic ring is 1. The molecular weight excluding hydrogens is 519 g/mol. The molecule has 0 aliphatic heterocycles. The Morgan fingerprint density at radius 1 is 1.18 bits per heavy atom. The fraction of sp³-hybridized carbons (Fsp3) is 0.667. The number of phosphoric acid groups is 2. The largest absolute Gasteiger partial charge is 0.487 e. The van der Waals surface area contributed by atoms with Crippen molar-refractivity contribution in [3.63, 3.8) is 0 Å². The molecule has 0 aliphatic rings. The summed E-state index contributed by atoms with van der Waals surface area (Å²) < 4.78 is 43.1. The number of aliphatic hydroxyl groups excluding tert-OH is 1. The smallest absolute Gasteiger partial charge is 0.392 e. The lowest BCUT2D eigenvalue weighted by Gasteiger charge is -2.38. The van der Waals surface area contributed by atoms with Crippen LogP contribution in [0, 0.1) is 5.41 Å². The van der Waals surface area contributed by atoms with Crippen LogP contribution in [0.4, 0.5) is 5.82 Å². The molecule has 0 fully saturated rings. The van der Waals surface area contributed by atoms with Crippen LogP contribution in [-0.2, 0) is 27.0 Å². The van der Waals surface area contributed by atoms with Crippen molar-refractivity contribution in [2.45, 2.75) is 45.9 Å². The molecule has 0 amide bonds. The van der Waals surface area contributed by atoms with Gasteiger partial charge < -0.3 is 35.2 Å². The van der Waals surface area contributed by atoms with Gasteiger partial charge in [0.15, 0.2) is 11.5 Å². The number of nitrogens with two attached hydrogens (primary N) is 1. The van der Waals surface area contributed by atoms with Gasteiger partial charge in [-0.1, -0.05) is 27.2 Å². The van der Waals surface area contributed by atoms with Crippen LogP contribution >= 0.6 is 24.2 Å². The summed E-state index contributed by atoms with van der Waals surface area (Å²) in [5.41, 5.74) is 5.56. The Hall–Kier alpha value is -1.12. The number of fused-ring (bicyclic) bond motifs is 1. The predicted molar refractivity (Wildman–Crippen MR) is 119 cm³/mol. The maximum Gasteiger partial charge on any atom is 0.487 e. The zero-order chi connectivity index (χ0) is 25.7. The fourth-order valence-electron chi connectivity index (χ4n) is 3.08. The minimum atomic E-state index is -5.28. The van der Waals surface area contributed by atoms with Crippen molar-refractivity contribution in [1.82, 2.24) is 19.5 Å². The van der Waals surface area contributed by atoms with Crippen molar-refractivity contribution in [3.8, 4) is 0 Å². The van der Waals surface area contributed by atoms with E-state index in [9.17, 15) is 24.0 Å². The molecule has 16 nitrogen and oxygen atoms in total. The van der Waals surface area contributed by atoms with Crippen molar-refractivity contribution in [2.75, 3.05) is 18.9 Å². The summed E-state index contributed by atoms with van der Waals surface area (Å²) in [5.74, 6) is 0.140. The summed E-state index contributed by atoms with van der Waals surface area (Å²) in [6.45, 7) is 4.46. The molecule has 2 rings (SSSR count). The number of hydrogen-bond acceptors (Lipinski definition) is 13. The van der Waals surface area contributed by atoms with Crippen LogP contribution in [0.5, 0.6) is 0 Å². The molecule has 0 spiro atoms. The fourth-order valence-corrected chi connectivity index (χ4v) is 5.74. The molecule has 2 aromatic rings. The summed E-state index contributed by atoms with van der Waals surface area (Å²) >= 11 is 0. The first-order valence-corrected chi connectivity index (χ1v) is 14.0. The molecule has 0 bridgehead atoms. The Labute approximate surface area is 195 Å². The normalized spacial score (nSPS) is 18.0. The van der Waals surface area contributed by atoms with Gasteiger partial charge in [0.25, 0.3) is 0 Å². The number of aromatic nitrogens is 4. The highest BCUT2D eigenvalue weighted by Gasteiger charge is 2.40. The highest BCUT2D eigenvalue weighted by molar-refractivity contribution is 7.65. The van der Waals surface area contributed by atoms with Crippen LogP contribution in [0.25, 0.3) is 11.2 Å². The van der Waals surface area contributed by atoms with Gasteiger partial charge in [0.05, 0.1) is 25.6 Å². The summed E-state index contributed by atoms with van der Waals surface area (Å²) in [6, 6.07) is 0. The number of aliphatic hydroxyl groups is 1. The minimum Gasteiger partial charge on any atom is -0.392 e. The number of rotatable bonds is 14. The topological polar surface area (TPSA) is 242 Å². The van der Waals surface area contributed by atoms with Crippen LogP contribution in [0.3, 0.4) is 0 Å². The molecule has 0 radical (unpaired) electrons. The van der Waals surface area contributed by atoms with Gasteiger partial charge in [-0.3, -0.25) is 9.09 Å². The zero-order valence-electron chi connectivity index (χ0n) is 18.5. The molecule has 4 unspecified atom stereocenters. The molecule has 194 valence electrons. The molecule has 0 aliphatic carbocycles. The van der Waals surface area contributed by atoms with E-state index in [1.54, 1.807) is 13.8 Å². The van der Waals surface area contributed by atoms with Gasteiger partial charge >= 0.3 is 24.2 Å². The van der Waals surface area contributed by atoms with Gasteiger partial charge in [-0.25, -0.2) is 28.4 Å². The van der Waals surface area contributed by atoms with Crippen LogP contribution < -0.4 is 5.73 Å². The van der Waals surface area contributed by atoms with E-state index in [4.69, 9.17) is 20.3 Å². The molecule has 34 heavy (non-hydrogen) atoms. The molecule has 2 aromatic heterocycles. The Bertz CT molecular complexity index is 1050. The van der Waals surface area contributed by atoms with Crippen LogP contribution in [-0.4, -0.2) is 63.5 Å². The van der Waals surface area contributed by atoms with E-state index >= 15 is 0 Å². The number of anilines is 1. The number of imidazole rings is 1. The molecule has 0 saturated heterocycles. The minimum absolute atomic E-state index is 0.140. The average Bonchev–Trinajstić information content (AvgIpc) is 3.11. The summed E-state index contributed by atoms with van der Waals surface area (Å²) in [5, 5.41) is 10.7. The quantitative estimate of drug-likeness (QED) is 0.145. The van der Waals surface area contributed by atoms with Crippen molar-refractivity contribution < 1.29 is 51.7 Å². The van der Waals surface area contributed by atoms with Crippen molar-refractivity contribution in [3.05, 3.63) is 12.7 Å². The molecular formula is C15H28N5O11P3. The maximum atomic E-state index is 11.9. The number of nitrogens with zero attached hydrogens (tertiary/aromatic N) is 4. The highest BCUT2D eigenvalue weighted by Crippen LogP contribution is 2.64. The van der Waals surface area contributed by atoms with Crippen molar-refractivity contribution in [2.24, 2.45) is 5.41 Å². The van der Waals surface area contributed by atoms with Crippen molar-refractivity contribution >= 4 is 41.2 Å². The Balaban J connectivity index is 2.18. The van der Waals surface area contributed by atoms with E-state index in [2.05, 4.69) is 28.1 Å². The van der Waals surface area contributed by atoms with E-state index in [0.29, 0.717) is 24.0 Å². The molecule has 19 heteroatoms. The van der Waals surface area contributed by atoms with E-state index in [-0.39, 0.29) is 12.4 Å². The zero-order valence-corrected chi connectivity index (χ0v) is 21.2. The standard InChI is InChI=1S/C15H28N5O11P3/c1-4-5-10(21)15(2,3)14(20-9-19-11-12(16)17-8-18-13(11)20)28-6-7-29-33(24,25)31-34(26,27)30-32(22)23/h8-10,14,21-23H,4-7H2,1-3H3,(H,24,25)(H,26,27)(H2,16,17,18). The SMILES string of the molecule is CCCC(O)C(C)(C)C(OCCOP(=O)(O)OP(=O)(O)OP(O)O)n1cnc2c(N)ncnc21. The number of ether oxygens (including phenoxy) is 1. The first-order chi connectivity index (χ1) is 15.7. The lowest BCUT2D eigenvalue weighted by molar-refractivity contribution is -0.129. The molecule has 0 saturated carbocycles. The van der Waals surface area contributed by atoms with E-state index in [1.807, 2.05) is 6.92 Å². The second-order valence-corrected chi connectivity index (χ2v) is 11.6. The summed E-state index contributed by atoms with van der Waals surface area (Å²) in [4.78, 5) is 48.3. The third-order valence-electron chi connectivity index (χ3n) is 4.69. The first kappa shape index (κ1) is 29.1. The maximum absolute atomic E-state index is 11.9. The van der Waals surface area contributed by atoms with E-state index in [1.165, 1.54) is 17.2 Å². The predicted octanol–water partition coefficient (Wildman–Crippen LogP) is 1.57. The second-order valence-electron chi connectivity index (χ2n) is 7.62.